The molecule has 1 aliphatic rings. The Kier molecular flexibility index (Phi) is 5.89. The van der Waals surface area contributed by atoms with Crippen LogP contribution in [0.1, 0.15) is 52.2 Å². The minimum Gasteiger partial charge on any atom is -0.478 e. The Morgan fingerprint density at radius 1 is 1.23 bits per heavy atom. The van der Waals surface area contributed by atoms with Crippen molar-refractivity contribution >= 4 is 17.3 Å². The Balaban J connectivity index is 1.54. The first-order chi connectivity index (χ1) is 14.9. The number of carboxylic acids is 1. The van der Waals surface area contributed by atoms with E-state index in [-0.39, 0.29) is 5.56 Å². The summed E-state index contributed by atoms with van der Waals surface area (Å²) in [4.78, 5) is 29.6. The van der Waals surface area contributed by atoms with Crippen LogP contribution in [0, 0.1) is 0 Å². The predicted octanol–water partition coefficient (Wildman–Crippen LogP) is 4.30. The Morgan fingerprint density at radius 2 is 2.03 bits per heavy atom. The molecule has 31 heavy (non-hydrogen) atoms. The summed E-state index contributed by atoms with van der Waals surface area (Å²) >= 11 is 0. The third-order valence-electron chi connectivity index (χ3n) is 6.32. The molecular formula is C25H27N3O3. The second-order valence-corrected chi connectivity index (χ2v) is 8.24. The van der Waals surface area contributed by atoms with Crippen LogP contribution in [-0.2, 0) is 19.9 Å². The minimum absolute atomic E-state index is 0.0292. The van der Waals surface area contributed by atoms with Crippen LogP contribution >= 0.6 is 0 Å². The number of rotatable bonds is 6. The number of benzene rings is 1. The van der Waals surface area contributed by atoms with Crippen LogP contribution in [-0.4, -0.2) is 27.7 Å². The number of fused-ring (bicyclic) bond motifs is 1. The van der Waals surface area contributed by atoms with E-state index in [1.165, 1.54) is 17.3 Å². The van der Waals surface area contributed by atoms with Crippen molar-refractivity contribution < 1.29 is 9.90 Å². The lowest BCUT2D eigenvalue weighted by Crippen LogP contribution is -2.19. The van der Waals surface area contributed by atoms with Gasteiger partial charge in [0.15, 0.2) is 0 Å². The molecule has 0 fully saturated rings. The molecule has 2 heterocycles. The summed E-state index contributed by atoms with van der Waals surface area (Å²) in [6.45, 7) is 0. The molecule has 160 valence electrons. The van der Waals surface area contributed by atoms with Crippen molar-refractivity contribution in [3.05, 3.63) is 87.6 Å². The lowest BCUT2D eigenvalue weighted by molar-refractivity contribution is 0.0695. The number of carboxylic acid groups (broad SMARTS) is 1. The molecule has 0 radical (unpaired) electrons. The molecule has 0 amide bonds. The van der Waals surface area contributed by atoms with Crippen molar-refractivity contribution in [2.45, 2.75) is 38.0 Å². The molecule has 0 aliphatic heterocycles. The standard InChI is InChI=1S/C25H27N3O3/c1-27-13-11-21(15-24(27)29)28(2)20-8-9-22-17(4-3-5-18(22)14-20)6-7-19-16-26-12-10-23(19)25(30)31/h8-17H,3-7H2,1-2H3,(H,30,31)/t17-/m0/s1. The minimum atomic E-state index is -0.898. The molecule has 0 saturated carbocycles. The summed E-state index contributed by atoms with van der Waals surface area (Å²) in [6, 6.07) is 11.7. The smallest absolute Gasteiger partial charge is 0.336 e. The zero-order valence-corrected chi connectivity index (χ0v) is 17.9. The van der Waals surface area contributed by atoms with Gasteiger partial charge in [0.05, 0.1) is 5.56 Å². The van der Waals surface area contributed by atoms with Crippen LogP contribution in [0.4, 0.5) is 11.4 Å². The summed E-state index contributed by atoms with van der Waals surface area (Å²) in [6.07, 6.45) is 9.87. The van der Waals surface area contributed by atoms with E-state index >= 15 is 0 Å². The Bertz CT molecular complexity index is 1170. The number of hydrogen-bond acceptors (Lipinski definition) is 4. The molecule has 4 rings (SSSR count). The molecule has 6 heteroatoms. The molecule has 1 N–H and O–H groups in total. The van der Waals surface area contributed by atoms with E-state index in [9.17, 15) is 14.7 Å². The van der Waals surface area contributed by atoms with Crippen LogP contribution in [0.15, 0.2) is 59.8 Å². The quantitative estimate of drug-likeness (QED) is 0.647. The highest BCUT2D eigenvalue weighted by Crippen LogP contribution is 2.37. The van der Waals surface area contributed by atoms with Gasteiger partial charge in [-0.15, -0.1) is 0 Å². The van der Waals surface area contributed by atoms with Gasteiger partial charge in [0.2, 0.25) is 0 Å². The van der Waals surface area contributed by atoms with Gasteiger partial charge in [-0.05, 0) is 79.0 Å². The zero-order chi connectivity index (χ0) is 22.0. The monoisotopic (exact) mass is 417 g/mol. The number of carbonyl (C=O) groups is 1. The van der Waals surface area contributed by atoms with Gasteiger partial charge in [-0.25, -0.2) is 4.79 Å². The molecular weight excluding hydrogens is 390 g/mol. The maximum Gasteiger partial charge on any atom is 0.336 e. The second kappa shape index (κ2) is 8.76. The van der Waals surface area contributed by atoms with Crippen LogP contribution in [0.5, 0.6) is 0 Å². The lowest BCUT2D eigenvalue weighted by Gasteiger charge is -2.28. The second-order valence-electron chi connectivity index (χ2n) is 8.24. The number of nitrogens with zero attached hydrogens (tertiary/aromatic N) is 3. The van der Waals surface area contributed by atoms with Gasteiger partial charge in [0, 0.05) is 50.1 Å². The number of aryl methyl sites for hydroxylation is 3. The van der Waals surface area contributed by atoms with Crippen molar-refractivity contribution in [2.75, 3.05) is 11.9 Å². The van der Waals surface area contributed by atoms with Gasteiger partial charge in [0.1, 0.15) is 0 Å². The van der Waals surface area contributed by atoms with E-state index < -0.39 is 5.97 Å². The van der Waals surface area contributed by atoms with Crippen molar-refractivity contribution in [1.29, 1.82) is 0 Å². The fourth-order valence-corrected chi connectivity index (χ4v) is 4.47. The Morgan fingerprint density at radius 3 is 2.81 bits per heavy atom. The van der Waals surface area contributed by atoms with Crippen LogP contribution in [0.3, 0.4) is 0 Å². The first-order valence-electron chi connectivity index (χ1n) is 10.6. The highest BCUT2D eigenvalue weighted by atomic mass is 16.4. The fourth-order valence-electron chi connectivity index (χ4n) is 4.47. The molecule has 0 saturated heterocycles. The molecule has 0 bridgehead atoms. The zero-order valence-electron chi connectivity index (χ0n) is 17.9. The van der Waals surface area contributed by atoms with Gasteiger partial charge in [-0.2, -0.15) is 0 Å². The van der Waals surface area contributed by atoms with Crippen molar-refractivity contribution in [3.8, 4) is 0 Å². The van der Waals surface area contributed by atoms with Gasteiger partial charge in [-0.1, -0.05) is 6.07 Å². The maximum atomic E-state index is 12.0. The predicted molar refractivity (Wildman–Crippen MR) is 121 cm³/mol. The Hall–Kier alpha value is -3.41. The fraction of sp³-hybridized carbons (Fsp3) is 0.320. The van der Waals surface area contributed by atoms with E-state index in [4.69, 9.17) is 0 Å². The lowest BCUT2D eigenvalue weighted by atomic mass is 9.79. The van der Waals surface area contributed by atoms with Gasteiger partial charge in [-0.3, -0.25) is 9.78 Å². The van der Waals surface area contributed by atoms with Crippen molar-refractivity contribution in [2.24, 2.45) is 7.05 Å². The van der Waals surface area contributed by atoms with E-state index in [0.717, 1.165) is 42.6 Å². The molecule has 6 nitrogen and oxygen atoms in total. The van der Waals surface area contributed by atoms with E-state index in [1.807, 2.05) is 18.0 Å². The SMILES string of the molecule is CN(c1ccc2c(c1)CCC[C@H]2CCc1cnccc1C(=O)O)c1ccn(C)c(=O)c1. The molecule has 2 aromatic heterocycles. The van der Waals surface area contributed by atoms with Crippen molar-refractivity contribution in [1.82, 2.24) is 9.55 Å². The number of pyridine rings is 2. The third-order valence-corrected chi connectivity index (χ3v) is 6.32. The summed E-state index contributed by atoms with van der Waals surface area (Å²) < 4.78 is 1.56. The summed E-state index contributed by atoms with van der Waals surface area (Å²) in [5, 5.41) is 9.42. The number of anilines is 2. The van der Waals surface area contributed by atoms with Crippen LogP contribution in [0.25, 0.3) is 0 Å². The van der Waals surface area contributed by atoms with Crippen LogP contribution < -0.4 is 10.5 Å². The van der Waals surface area contributed by atoms with E-state index in [1.54, 1.807) is 36.1 Å². The molecule has 0 spiro atoms. The largest absolute Gasteiger partial charge is 0.478 e. The topological polar surface area (TPSA) is 75.4 Å². The highest BCUT2D eigenvalue weighted by molar-refractivity contribution is 5.89. The summed E-state index contributed by atoms with van der Waals surface area (Å²) in [5.41, 5.74) is 5.74. The maximum absolute atomic E-state index is 12.0. The van der Waals surface area contributed by atoms with Gasteiger partial charge in [0.25, 0.3) is 5.56 Å². The number of aromatic carboxylic acids is 1. The number of aromatic nitrogens is 2. The highest BCUT2D eigenvalue weighted by Gasteiger charge is 2.22. The Labute approximate surface area is 181 Å². The van der Waals surface area contributed by atoms with E-state index in [0.29, 0.717) is 17.9 Å². The van der Waals surface area contributed by atoms with E-state index in [2.05, 4.69) is 23.2 Å². The molecule has 1 aromatic carbocycles. The molecule has 1 atom stereocenters. The molecule has 1 aliphatic carbocycles. The average Bonchev–Trinajstić information content (AvgIpc) is 2.78. The van der Waals surface area contributed by atoms with Crippen molar-refractivity contribution in [3.63, 3.8) is 0 Å². The summed E-state index contributed by atoms with van der Waals surface area (Å²) in [7, 11) is 3.72. The normalized spacial score (nSPS) is 15.4. The first kappa shape index (κ1) is 20.8. The average molecular weight is 418 g/mol. The van der Waals surface area contributed by atoms with Gasteiger partial charge >= 0.3 is 5.97 Å². The van der Waals surface area contributed by atoms with Crippen LogP contribution in [0.2, 0.25) is 0 Å². The third kappa shape index (κ3) is 4.38. The molecule has 3 aromatic rings. The number of hydrogen-bond donors (Lipinski definition) is 1. The first-order valence-corrected chi connectivity index (χ1v) is 10.6. The van der Waals surface area contributed by atoms with Gasteiger partial charge < -0.3 is 14.6 Å². The summed E-state index contributed by atoms with van der Waals surface area (Å²) in [5.74, 6) is -0.487. The molecule has 0 unspecified atom stereocenters.